The van der Waals surface area contributed by atoms with E-state index in [-0.39, 0.29) is 12.2 Å². The summed E-state index contributed by atoms with van der Waals surface area (Å²) in [6.45, 7) is 7.00. The monoisotopic (exact) mass is 235 g/mol. The van der Waals surface area contributed by atoms with E-state index in [9.17, 15) is 0 Å². The molecule has 1 aliphatic heterocycles. The van der Waals surface area contributed by atoms with Gasteiger partial charge in [-0.1, -0.05) is 0 Å². The first-order chi connectivity index (χ1) is 8.20. The quantitative estimate of drug-likeness (QED) is 0.859. The van der Waals surface area contributed by atoms with Crippen molar-refractivity contribution in [3.8, 4) is 0 Å². The zero-order chi connectivity index (χ0) is 12.3. The molecule has 0 aromatic carbocycles. The molecule has 1 fully saturated rings. The molecule has 1 aromatic rings. The number of nitrogens with one attached hydrogen (secondary N) is 1. The Morgan fingerprint density at radius 2 is 2.12 bits per heavy atom. The van der Waals surface area contributed by atoms with Gasteiger partial charge >= 0.3 is 0 Å². The fraction of sp³-hybridized carbons (Fsp3) is 0.615. The lowest BCUT2D eigenvalue weighted by molar-refractivity contribution is -0.00526. The number of pyridine rings is 1. The second-order valence-corrected chi connectivity index (χ2v) is 4.70. The van der Waals surface area contributed by atoms with E-state index in [0.29, 0.717) is 0 Å². The SMILES string of the molecule is CNCc1cnccc1N1C[C@@H](C)O[C@@H](C)C1. The highest BCUT2D eigenvalue weighted by Gasteiger charge is 2.23. The minimum Gasteiger partial charge on any atom is -0.372 e. The van der Waals surface area contributed by atoms with Crippen molar-refractivity contribution in [2.24, 2.45) is 0 Å². The van der Waals surface area contributed by atoms with Gasteiger partial charge in [-0.3, -0.25) is 4.98 Å². The fourth-order valence-corrected chi connectivity index (χ4v) is 2.43. The summed E-state index contributed by atoms with van der Waals surface area (Å²) in [5.41, 5.74) is 2.52. The average molecular weight is 235 g/mol. The maximum atomic E-state index is 5.76. The standard InChI is InChI=1S/C13H21N3O/c1-10-8-16(9-11(2)17-10)13-4-5-15-7-12(13)6-14-3/h4-5,7,10-11,14H,6,8-9H2,1-3H3/t10-,11+. The van der Waals surface area contributed by atoms with Crippen molar-refractivity contribution in [3.63, 3.8) is 0 Å². The van der Waals surface area contributed by atoms with Gasteiger partial charge in [0.25, 0.3) is 0 Å². The van der Waals surface area contributed by atoms with Crippen molar-refractivity contribution in [3.05, 3.63) is 24.0 Å². The molecule has 0 unspecified atom stereocenters. The number of morpholine rings is 1. The topological polar surface area (TPSA) is 37.4 Å². The third-order valence-corrected chi connectivity index (χ3v) is 3.01. The van der Waals surface area contributed by atoms with Crippen LogP contribution in [0.3, 0.4) is 0 Å². The largest absolute Gasteiger partial charge is 0.372 e. The summed E-state index contributed by atoms with van der Waals surface area (Å²) >= 11 is 0. The molecule has 94 valence electrons. The minimum absolute atomic E-state index is 0.286. The number of rotatable bonds is 3. The van der Waals surface area contributed by atoms with Crippen LogP contribution in [0.1, 0.15) is 19.4 Å². The number of aromatic nitrogens is 1. The zero-order valence-corrected chi connectivity index (χ0v) is 10.8. The predicted molar refractivity (Wildman–Crippen MR) is 69.2 cm³/mol. The zero-order valence-electron chi connectivity index (χ0n) is 10.8. The van der Waals surface area contributed by atoms with E-state index in [1.165, 1.54) is 11.3 Å². The molecule has 4 nitrogen and oxygen atoms in total. The lowest BCUT2D eigenvalue weighted by Gasteiger charge is -2.37. The molecule has 2 atom stereocenters. The summed E-state index contributed by atoms with van der Waals surface area (Å²) in [7, 11) is 1.96. The smallest absolute Gasteiger partial charge is 0.0726 e. The summed E-state index contributed by atoms with van der Waals surface area (Å²) < 4.78 is 5.76. The van der Waals surface area contributed by atoms with Crippen molar-refractivity contribution in [2.75, 3.05) is 25.0 Å². The van der Waals surface area contributed by atoms with Gasteiger partial charge in [-0.05, 0) is 27.0 Å². The Kier molecular flexibility index (Phi) is 3.97. The van der Waals surface area contributed by atoms with Crippen LogP contribution >= 0.6 is 0 Å². The van der Waals surface area contributed by atoms with Crippen LogP contribution in [0.2, 0.25) is 0 Å². The lowest BCUT2D eigenvalue weighted by atomic mass is 10.1. The van der Waals surface area contributed by atoms with E-state index in [1.54, 1.807) is 0 Å². The molecule has 0 spiro atoms. The van der Waals surface area contributed by atoms with E-state index < -0.39 is 0 Å². The van der Waals surface area contributed by atoms with Crippen LogP contribution < -0.4 is 10.2 Å². The Bertz CT molecular complexity index is 359. The van der Waals surface area contributed by atoms with Crippen molar-refractivity contribution >= 4 is 5.69 Å². The Morgan fingerprint density at radius 3 is 2.76 bits per heavy atom. The van der Waals surface area contributed by atoms with E-state index in [4.69, 9.17) is 4.74 Å². The van der Waals surface area contributed by atoms with Gasteiger partial charge in [0, 0.05) is 43.3 Å². The van der Waals surface area contributed by atoms with Crippen LogP contribution in [0.5, 0.6) is 0 Å². The Labute approximate surface area is 103 Å². The molecule has 4 heteroatoms. The van der Waals surface area contributed by atoms with Crippen molar-refractivity contribution in [1.82, 2.24) is 10.3 Å². The van der Waals surface area contributed by atoms with E-state index in [1.807, 2.05) is 19.4 Å². The lowest BCUT2D eigenvalue weighted by Crippen LogP contribution is -2.46. The summed E-state index contributed by atoms with van der Waals surface area (Å²) in [6, 6.07) is 2.09. The Morgan fingerprint density at radius 1 is 1.41 bits per heavy atom. The number of anilines is 1. The Balaban J connectivity index is 2.20. The van der Waals surface area contributed by atoms with Gasteiger partial charge in [0.1, 0.15) is 0 Å². The van der Waals surface area contributed by atoms with Crippen LogP contribution in [0.4, 0.5) is 5.69 Å². The second-order valence-electron chi connectivity index (χ2n) is 4.70. The van der Waals surface area contributed by atoms with E-state index in [0.717, 1.165) is 19.6 Å². The summed E-state index contributed by atoms with van der Waals surface area (Å²) in [6.07, 6.45) is 4.37. The molecule has 1 saturated heterocycles. The molecule has 0 amide bonds. The molecule has 1 N–H and O–H groups in total. The van der Waals surface area contributed by atoms with Crippen molar-refractivity contribution in [1.29, 1.82) is 0 Å². The predicted octanol–water partition coefficient (Wildman–Crippen LogP) is 1.41. The second kappa shape index (κ2) is 5.47. The highest BCUT2D eigenvalue weighted by Crippen LogP contribution is 2.23. The average Bonchev–Trinajstić information content (AvgIpc) is 2.29. The minimum atomic E-state index is 0.286. The number of hydrogen-bond donors (Lipinski definition) is 1. The van der Waals surface area contributed by atoms with Gasteiger partial charge in [-0.25, -0.2) is 0 Å². The van der Waals surface area contributed by atoms with Crippen LogP contribution in [-0.2, 0) is 11.3 Å². The van der Waals surface area contributed by atoms with Crippen molar-refractivity contribution < 1.29 is 4.74 Å². The first-order valence-electron chi connectivity index (χ1n) is 6.18. The molecule has 0 saturated carbocycles. The van der Waals surface area contributed by atoms with Gasteiger partial charge in [-0.2, -0.15) is 0 Å². The summed E-state index contributed by atoms with van der Waals surface area (Å²) in [5.74, 6) is 0. The number of nitrogens with zero attached hydrogens (tertiary/aromatic N) is 2. The first kappa shape index (κ1) is 12.3. The highest BCUT2D eigenvalue weighted by molar-refractivity contribution is 5.52. The van der Waals surface area contributed by atoms with Gasteiger partial charge in [0.2, 0.25) is 0 Å². The van der Waals surface area contributed by atoms with E-state index in [2.05, 4.69) is 35.1 Å². The molecule has 0 aliphatic carbocycles. The molecular formula is C13H21N3O. The molecule has 1 aromatic heterocycles. The molecular weight excluding hydrogens is 214 g/mol. The molecule has 2 rings (SSSR count). The molecule has 0 bridgehead atoms. The number of hydrogen-bond acceptors (Lipinski definition) is 4. The third kappa shape index (κ3) is 2.96. The molecule has 17 heavy (non-hydrogen) atoms. The molecule has 2 heterocycles. The maximum Gasteiger partial charge on any atom is 0.0726 e. The van der Waals surface area contributed by atoms with Crippen LogP contribution in [0.15, 0.2) is 18.5 Å². The summed E-state index contributed by atoms with van der Waals surface area (Å²) in [4.78, 5) is 6.59. The van der Waals surface area contributed by atoms with E-state index >= 15 is 0 Å². The molecule has 1 aliphatic rings. The third-order valence-electron chi connectivity index (χ3n) is 3.01. The van der Waals surface area contributed by atoms with Gasteiger partial charge in [0.05, 0.1) is 12.2 Å². The fourth-order valence-electron chi connectivity index (χ4n) is 2.43. The van der Waals surface area contributed by atoms with Crippen molar-refractivity contribution in [2.45, 2.75) is 32.6 Å². The maximum absolute atomic E-state index is 5.76. The van der Waals surface area contributed by atoms with Gasteiger partial charge < -0.3 is 15.0 Å². The normalized spacial score (nSPS) is 25.0. The van der Waals surface area contributed by atoms with Crippen LogP contribution in [0.25, 0.3) is 0 Å². The highest BCUT2D eigenvalue weighted by atomic mass is 16.5. The van der Waals surface area contributed by atoms with Crippen LogP contribution in [-0.4, -0.2) is 37.3 Å². The Hall–Kier alpha value is -1.13. The van der Waals surface area contributed by atoms with Gasteiger partial charge in [0.15, 0.2) is 0 Å². The molecule has 0 radical (unpaired) electrons. The van der Waals surface area contributed by atoms with Crippen LogP contribution in [0, 0.1) is 0 Å². The first-order valence-corrected chi connectivity index (χ1v) is 6.18. The summed E-state index contributed by atoms with van der Waals surface area (Å²) in [5, 5.41) is 3.19. The number of ether oxygens (including phenoxy) is 1. The van der Waals surface area contributed by atoms with Gasteiger partial charge in [-0.15, -0.1) is 0 Å².